The van der Waals surface area contributed by atoms with E-state index in [1.807, 2.05) is 31.2 Å². The van der Waals surface area contributed by atoms with E-state index in [-0.39, 0.29) is 17.8 Å². The van der Waals surface area contributed by atoms with Crippen molar-refractivity contribution in [1.29, 1.82) is 0 Å². The molecule has 0 bridgehead atoms. The van der Waals surface area contributed by atoms with Crippen LogP contribution < -0.4 is 5.73 Å². The van der Waals surface area contributed by atoms with E-state index in [1.54, 1.807) is 0 Å². The second-order valence-electron chi connectivity index (χ2n) is 3.22. The van der Waals surface area contributed by atoms with Crippen molar-refractivity contribution in [3.8, 4) is 0 Å². The zero-order valence-corrected chi connectivity index (χ0v) is 9.46. The Balaban J connectivity index is 2.67. The van der Waals surface area contributed by atoms with E-state index in [0.29, 0.717) is 0 Å². The normalized spacial score (nSPS) is 12.4. The van der Waals surface area contributed by atoms with Crippen molar-refractivity contribution < 1.29 is 9.90 Å². The molecule has 1 aromatic carbocycles. The van der Waals surface area contributed by atoms with Crippen molar-refractivity contribution in [2.75, 3.05) is 0 Å². The molecule has 1 rings (SSSR count). The highest BCUT2D eigenvalue weighted by Crippen LogP contribution is 2.25. The number of aliphatic hydroxyl groups excluding tert-OH is 1. The van der Waals surface area contributed by atoms with Crippen molar-refractivity contribution >= 4 is 17.7 Å². The van der Waals surface area contributed by atoms with Gasteiger partial charge in [0.2, 0.25) is 5.91 Å². The van der Waals surface area contributed by atoms with Gasteiger partial charge in [0.05, 0.1) is 11.9 Å². The molecule has 0 aliphatic rings. The van der Waals surface area contributed by atoms with Crippen LogP contribution in [0.5, 0.6) is 0 Å². The van der Waals surface area contributed by atoms with Crippen molar-refractivity contribution in [2.24, 2.45) is 5.73 Å². The van der Waals surface area contributed by atoms with Gasteiger partial charge in [-0.05, 0) is 24.1 Å². The van der Waals surface area contributed by atoms with Gasteiger partial charge in [0.15, 0.2) is 0 Å². The summed E-state index contributed by atoms with van der Waals surface area (Å²) in [6, 6.07) is 7.47. The van der Waals surface area contributed by atoms with E-state index >= 15 is 0 Å². The summed E-state index contributed by atoms with van der Waals surface area (Å²) in [5.74, 6) is -0.284. The largest absolute Gasteiger partial charge is 0.392 e. The highest BCUT2D eigenvalue weighted by Gasteiger charge is 2.13. The van der Waals surface area contributed by atoms with E-state index in [1.165, 1.54) is 11.8 Å². The quantitative estimate of drug-likeness (QED) is 0.747. The molecule has 0 heterocycles. The fourth-order valence-electron chi connectivity index (χ4n) is 1.18. The lowest BCUT2D eigenvalue weighted by Crippen LogP contribution is -2.24. The van der Waals surface area contributed by atoms with Crippen LogP contribution >= 0.6 is 11.8 Å². The van der Waals surface area contributed by atoms with Gasteiger partial charge in [-0.2, -0.15) is 0 Å². The SMILES string of the molecule is CCC(Sc1ccc(CO)cc1)C(N)=O. The molecule has 82 valence electrons. The lowest BCUT2D eigenvalue weighted by molar-refractivity contribution is -0.117. The van der Waals surface area contributed by atoms with Gasteiger partial charge in [0, 0.05) is 4.90 Å². The lowest BCUT2D eigenvalue weighted by atomic mass is 10.2. The van der Waals surface area contributed by atoms with E-state index < -0.39 is 0 Å². The number of carbonyl (C=O) groups is 1. The van der Waals surface area contributed by atoms with Crippen LogP contribution in [0.15, 0.2) is 29.2 Å². The summed E-state index contributed by atoms with van der Waals surface area (Å²) in [5.41, 5.74) is 6.12. The Bertz CT molecular complexity index is 324. The maximum Gasteiger partial charge on any atom is 0.230 e. The van der Waals surface area contributed by atoms with Gasteiger partial charge in [-0.3, -0.25) is 4.79 Å². The molecule has 0 radical (unpaired) electrons. The molecule has 0 aliphatic carbocycles. The minimum absolute atomic E-state index is 0.0397. The number of rotatable bonds is 5. The Morgan fingerprint density at radius 3 is 2.47 bits per heavy atom. The first kappa shape index (κ1) is 12.1. The highest BCUT2D eigenvalue weighted by molar-refractivity contribution is 8.00. The highest BCUT2D eigenvalue weighted by atomic mass is 32.2. The molecule has 1 aromatic rings. The lowest BCUT2D eigenvalue weighted by Gasteiger charge is -2.10. The smallest absolute Gasteiger partial charge is 0.230 e. The summed E-state index contributed by atoms with van der Waals surface area (Å²) in [6.07, 6.45) is 0.724. The molecule has 0 spiro atoms. The zero-order chi connectivity index (χ0) is 11.3. The first-order valence-corrected chi connectivity index (χ1v) is 5.71. The Labute approximate surface area is 93.7 Å². The molecule has 3 N–H and O–H groups in total. The molecule has 3 nitrogen and oxygen atoms in total. The number of nitrogens with two attached hydrogens (primary N) is 1. The maximum atomic E-state index is 11.0. The molecule has 1 amide bonds. The van der Waals surface area contributed by atoms with Gasteiger partial charge in [-0.1, -0.05) is 19.1 Å². The van der Waals surface area contributed by atoms with E-state index in [0.717, 1.165) is 16.9 Å². The molecule has 0 aromatic heterocycles. The third-order valence-electron chi connectivity index (χ3n) is 2.07. The number of hydrogen-bond donors (Lipinski definition) is 2. The summed E-state index contributed by atoms with van der Waals surface area (Å²) in [5, 5.41) is 8.69. The van der Waals surface area contributed by atoms with Crippen LogP contribution in [0.2, 0.25) is 0 Å². The Morgan fingerprint density at radius 2 is 2.07 bits per heavy atom. The monoisotopic (exact) mass is 225 g/mol. The predicted octanol–water partition coefficient (Wildman–Crippen LogP) is 1.53. The number of amides is 1. The standard InChI is InChI=1S/C11H15NO2S/c1-2-10(11(12)14)15-9-5-3-8(7-13)4-6-9/h3-6,10,13H,2,7H2,1H3,(H2,12,14). The topological polar surface area (TPSA) is 63.3 Å². The van der Waals surface area contributed by atoms with Crippen LogP contribution in [0.1, 0.15) is 18.9 Å². The van der Waals surface area contributed by atoms with Crippen LogP contribution in [0, 0.1) is 0 Å². The number of carbonyl (C=O) groups excluding carboxylic acids is 1. The van der Waals surface area contributed by atoms with E-state index in [9.17, 15) is 4.79 Å². The fraction of sp³-hybridized carbons (Fsp3) is 0.364. The fourth-order valence-corrected chi connectivity index (χ4v) is 2.08. The summed E-state index contributed by atoms with van der Waals surface area (Å²) < 4.78 is 0. The van der Waals surface area contributed by atoms with Crippen LogP contribution in [-0.2, 0) is 11.4 Å². The Morgan fingerprint density at radius 1 is 1.47 bits per heavy atom. The predicted molar refractivity (Wildman–Crippen MR) is 61.5 cm³/mol. The molecule has 0 fully saturated rings. The zero-order valence-electron chi connectivity index (χ0n) is 8.64. The first-order chi connectivity index (χ1) is 7.17. The minimum Gasteiger partial charge on any atom is -0.392 e. The molecule has 1 unspecified atom stereocenters. The average Bonchev–Trinajstić information content (AvgIpc) is 2.26. The maximum absolute atomic E-state index is 11.0. The van der Waals surface area contributed by atoms with Crippen molar-refractivity contribution in [2.45, 2.75) is 30.1 Å². The Kier molecular flexibility index (Phi) is 4.65. The van der Waals surface area contributed by atoms with Crippen molar-refractivity contribution in [3.63, 3.8) is 0 Å². The number of primary amides is 1. The van der Waals surface area contributed by atoms with Crippen LogP contribution in [0.4, 0.5) is 0 Å². The third-order valence-corrected chi connectivity index (χ3v) is 3.47. The summed E-state index contributed by atoms with van der Waals surface area (Å²) in [7, 11) is 0. The molecule has 0 saturated carbocycles. The summed E-state index contributed by atoms with van der Waals surface area (Å²) >= 11 is 1.46. The van der Waals surface area contributed by atoms with Crippen LogP contribution in [0.3, 0.4) is 0 Å². The van der Waals surface area contributed by atoms with Gasteiger partial charge in [-0.15, -0.1) is 11.8 Å². The van der Waals surface area contributed by atoms with E-state index in [2.05, 4.69) is 0 Å². The van der Waals surface area contributed by atoms with Gasteiger partial charge in [0.25, 0.3) is 0 Å². The second kappa shape index (κ2) is 5.78. The van der Waals surface area contributed by atoms with Gasteiger partial charge >= 0.3 is 0 Å². The average molecular weight is 225 g/mol. The molecule has 15 heavy (non-hydrogen) atoms. The summed E-state index contributed by atoms with van der Waals surface area (Å²) in [6.45, 7) is 1.97. The molecule has 0 saturated heterocycles. The third kappa shape index (κ3) is 3.57. The number of aliphatic hydroxyl groups is 1. The molecule has 0 aliphatic heterocycles. The van der Waals surface area contributed by atoms with Gasteiger partial charge < -0.3 is 10.8 Å². The Hall–Kier alpha value is -1.00. The second-order valence-corrected chi connectivity index (χ2v) is 4.50. The van der Waals surface area contributed by atoms with Crippen molar-refractivity contribution in [1.82, 2.24) is 0 Å². The van der Waals surface area contributed by atoms with Crippen LogP contribution in [0.25, 0.3) is 0 Å². The molecular weight excluding hydrogens is 210 g/mol. The number of benzene rings is 1. The minimum atomic E-state index is -0.284. The van der Waals surface area contributed by atoms with Crippen LogP contribution in [-0.4, -0.2) is 16.3 Å². The number of thioether (sulfide) groups is 1. The molecular formula is C11H15NO2S. The van der Waals surface area contributed by atoms with Gasteiger partial charge in [0.1, 0.15) is 0 Å². The van der Waals surface area contributed by atoms with Gasteiger partial charge in [-0.25, -0.2) is 0 Å². The van der Waals surface area contributed by atoms with E-state index in [4.69, 9.17) is 10.8 Å². The summed E-state index contributed by atoms with van der Waals surface area (Å²) in [4.78, 5) is 12.0. The molecule has 4 heteroatoms. The number of hydrogen-bond acceptors (Lipinski definition) is 3. The van der Waals surface area contributed by atoms with Crippen molar-refractivity contribution in [3.05, 3.63) is 29.8 Å². The molecule has 1 atom stereocenters. The first-order valence-electron chi connectivity index (χ1n) is 4.83.